The van der Waals surface area contributed by atoms with Gasteiger partial charge in [0.2, 0.25) is 0 Å². The molecule has 3 heteroatoms. The van der Waals surface area contributed by atoms with Gasteiger partial charge in [0.15, 0.2) is 5.82 Å². The summed E-state index contributed by atoms with van der Waals surface area (Å²) in [5, 5.41) is 2.42. The lowest BCUT2D eigenvalue weighted by atomic mass is 9.92. The summed E-state index contributed by atoms with van der Waals surface area (Å²) >= 11 is 0. The Morgan fingerprint density at radius 2 is 0.891 bits per heavy atom. The van der Waals surface area contributed by atoms with Crippen LogP contribution < -0.4 is 0 Å². The molecule has 2 heterocycles. The van der Waals surface area contributed by atoms with Crippen molar-refractivity contribution in [2.75, 3.05) is 0 Å². The Morgan fingerprint density at radius 1 is 0.348 bits per heavy atom. The third-order valence-electron chi connectivity index (χ3n) is 8.35. The van der Waals surface area contributed by atoms with Crippen molar-refractivity contribution in [3.63, 3.8) is 0 Å². The van der Waals surface area contributed by atoms with Crippen LogP contribution >= 0.6 is 0 Å². The first-order valence-corrected chi connectivity index (χ1v) is 15.4. The van der Waals surface area contributed by atoms with E-state index in [1.807, 2.05) is 48.7 Å². The maximum atomic E-state index is 5.18. The fourth-order valence-electron chi connectivity index (χ4n) is 6.06. The summed E-state index contributed by atoms with van der Waals surface area (Å²) < 4.78 is 0. The van der Waals surface area contributed by atoms with E-state index in [9.17, 15) is 0 Å². The van der Waals surface area contributed by atoms with Crippen molar-refractivity contribution in [3.8, 4) is 67.3 Å². The summed E-state index contributed by atoms with van der Waals surface area (Å²) in [5.74, 6) is 0.687. The van der Waals surface area contributed by atoms with Gasteiger partial charge in [0, 0.05) is 34.6 Å². The second kappa shape index (κ2) is 12.1. The maximum absolute atomic E-state index is 5.18. The molecule has 2 aromatic heterocycles. The molecular weight excluding hydrogens is 558 g/mol. The highest BCUT2D eigenvalue weighted by molar-refractivity contribution is 5.98. The summed E-state index contributed by atoms with van der Waals surface area (Å²) in [4.78, 5) is 14.7. The number of hydrogen-bond acceptors (Lipinski definition) is 3. The first-order chi connectivity index (χ1) is 22.8. The highest BCUT2D eigenvalue weighted by atomic mass is 14.9. The zero-order chi connectivity index (χ0) is 30.7. The average molecular weight is 588 g/mol. The molecule has 0 N–H and O–H groups in total. The second-order valence-electron chi connectivity index (χ2n) is 11.3. The number of nitrogens with zero attached hydrogens (tertiary/aromatic N) is 3. The molecule has 46 heavy (non-hydrogen) atoms. The van der Waals surface area contributed by atoms with Crippen molar-refractivity contribution in [1.82, 2.24) is 15.0 Å². The Labute approximate surface area is 268 Å². The normalized spacial score (nSPS) is 11.0. The minimum Gasteiger partial charge on any atom is -0.264 e. The van der Waals surface area contributed by atoms with Gasteiger partial charge in [-0.1, -0.05) is 127 Å². The van der Waals surface area contributed by atoms with Crippen LogP contribution in [-0.4, -0.2) is 15.0 Å². The summed E-state index contributed by atoms with van der Waals surface area (Å²) in [6.07, 6.45) is 3.71. The van der Waals surface area contributed by atoms with E-state index in [0.717, 1.165) is 55.9 Å². The Bertz CT molecular complexity index is 2230. The molecule has 8 rings (SSSR count). The van der Waals surface area contributed by atoms with E-state index in [2.05, 4.69) is 126 Å². The zero-order valence-corrected chi connectivity index (χ0v) is 25.1. The average Bonchev–Trinajstić information content (AvgIpc) is 3.15. The number of benzene rings is 6. The van der Waals surface area contributed by atoms with Crippen LogP contribution in [0.5, 0.6) is 0 Å². The van der Waals surface area contributed by atoms with Crippen LogP contribution in [0.2, 0.25) is 0 Å². The van der Waals surface area contributed by atoms with Gasteiger partial charge in [-0.05, 0) is 75.0 Å². The highest BCUT2D eigenvalue weighted by Crippen LogP contribution is 2.37. The first-order valence-electron chi connectivity index (χ1n) is 15.4. The van der Waals surface area contributed by atoms with E-state index in [4.69, 9.17) is 9.97 Å². The molecule has 0 aliphatic rings. The number of rotatable bonds is 6. The Morgan fingerprint density at radius 3 is 1.61 bits per heavy atom. The predicted octanol–water partition coefficient (Wildman–Crippen LogP) is 11.0. The van der Waals surface area contributed by atoms with Crippen LogP contribution in [-0.2, 0) is 0 Å². The molecule has 216 valence electrons. The summed E-state index contributed by atoms with van der Waals surface area (Å²) in [6, 6.07) is 57.3. The van der Waals surface area contributed by atoms with E-state index in [1.54, 1.807) is 6.20 Å². The molecule has 0 saturated heterocycles. The van der Waals surface area contributed by atoms with Crippen molar-refractivity contribution >= 4 is 10.8 Å². The third kappa shape index (κ3) is 5.47. The smallest absolute Gasteiger partial charge is 0.160 e. The Hall–Kier alpha value is -6.19. The Kier molecular flexibility index (Phi) is 7.18. The van der Waals surface area contributed by atoms with Crippen molar-refractivity contribution < 1.29 is 0 Å². The van der Waals surface area contributed by atoms with Crippen molar-refractivity contribution in [2.45, 2.75) is 0 Å². The fraction of sp³-hybridized carbons (Fsp3) is 0. The summed E-state index contributed by atoms with van der Waals surface area (Å²) in [5.41, 5.74) is 11.6. The molecule has 0 fully saturated rings. The van der Waals surface area contributed by atoms with Crippen LogP contribution in [0.15, 0.2) is 176 Å². The molecule has 0 saturated carbocycles. The molecule has 0 aliphatic heterocycles. The molecule has 0 atom stereocenters. The molecule has 0 unspecified atom stereocenters. The van der Waals surface area contributed by atoms with Gasteiger partial charge in [-0.3, -0.25) is 4.98 Å². The van der Waals surface area contributed by atoms with Crippen LogP contribution in [0.3, 0.4) is 0 Å². The van der Waals surface area contributed by atoms with E-state index in [0.29, 0.717) is 5.82 Å². The molecule has 8 aromatic rings. The van der Waals surface area contributed by atoms with Crippen LogP contribution in [0, 0.1) is 0 Å². The molecule has 0 aliphatic carbocycles. The molecule has 0 bridgehead atoms. The zero-order valence-electron chi connectivity index (χ0n) is 25.1. The van der Waals surface area contributed by atoms with E-state index >= 15 is 0 Å². The minimum atomic E-state index is 0.687. The lowest BCUT2D eigenvalue weighted by molar-refractivity contribution is 1.18. The van der Waals surface area contributed by atoms with Gasteiger partial charge in [0.25, 0.3) is 0 Å². The largest absolute Gasteiger partial charge is 0.264 e. The summed E-state index contributed by atoms with van der Waals surface area (Å²) in [6.45, 7) is 0. The number of hydrogen-bond donors (Lipinski definition) is 0. The quantitative estimate of drug-likeness (QED) is 0.194. The van der Waals surface area contributed by atoms with Crippen molar-refractivity contribution in [3.05, 3.63) is 176 Å². The molecule has 0 radical (unpaired) electrons. The predicted molar refractivity (Wildman–Crippen MR) is 190 cm³/mol. The first kappa shape index (κ1) is 27.4. The molecular formula is C43H29N3. The molecule has 0 spiro atoms. The second-order valence-corrected chi connectivity index (χ2v) is 11.3. The Balaban J connectivity index is 1.37. The highest BCUT2D eigenvalue weighted by Gasteiger charge is 2.15. The van der Waals surface area contributed by atoms with Gasteiger partial charge in [-0.15, -0.1) is 0 Å². The third-order valence-corrected chi connectivity index (χ3v) is 8.35. The minimum absolute atomic E-state index is 0.687. The topological polar surface area (TPSA) is 38.7 Å². The number of fused-ring (bicyclic) bond motifs is 1. The number of aromatic nitrogens is 3. The van der Waals surface area contributed by atoms with Gasteiger partial charge in [0.05, 0.1) is 11.4 Å². The monoisotopic (exact) mass is 587 g/mol. The van der Waals surface area contributed by atoms with E-state index in [1.165, 1.54) is 16.3 Å². The van der Waals surface area contributed by atoms with Crippen molar-refractivity contribution in [2.24, 2.45) is 0 Å². The van der Waals surface area contributed by atoms with Crippen LogP contribution in [0.25, 0.3) is 78.1 Å². The number of pyridine rings is 1. The lowest BCUT2D eigenvalue weighted by Crippen LogP contribution is -1.97. The van der Waals surface area contributed by atoms with Crippen LogP contribution in [0.4, 0.5) is 0 Å². The van der Waals surface area contributed by atoms with Crippen molar-refractivity contribution in [1.29, 1.82) is 0 Å². The standard InChI is InChI=1S/C43H29N3/c1-3-13-31(14-4-1)41-28-42(32-15-5-2-6-16-32)46-43(45-41)38-26-36(34-19-9-18-33(24-34)35-20-11-23-44-29-35)25-37(27-38)40-22-10-17-30-12-7-8-21-39(30)40/h1-29H. The van der Waals surface area contributed by atoms with Gasteiger partial charge in [0.1, 0.15) is 0 Å². The van der Waals surface area contributed by atoms with Gasteiger partial charge in [-0.2, -0.15) is 0 Å². The maximum Gasteiger partial charge on any atom is 0.160 e. The molecule has 3 nitrogen and oxygen atoms in total. The summed E-state index contributed by atoms with van der Waals surface area (Å²) in [7, 11) is 0. The molecule has 0 amide bonds. The van der Waals surface area contributed by atoms with E-state index < -0.39 is 0 Å². The fourth-order valence-corrected chi connectivity index (χ4v) is 6.06. The van der Waals surface area contributed by atoms with Gasteiger partial charge < -0.3 is 0 Å². The van der Waals surface area contributed by atoms with Crippen LogP contribution in [0.1, 0.15) is 0 Å². The molecule has 6 aromatic carbocycles. The van der Waals surface area contributed by atoms with Gasteiger partial charge in [-0.25, -0.2) is 9.97 Å². The lowest BCUT2D eigenvalue weighted by Gasteiger charge is -2.14. The van der Waals surface area contributed by atoms with Gasteiger partial charge >= 0.3 is 0 Å². The SMILES string of the molecule is c1ccc(-c2cc(-c3ccccc3)nc(-c3cc(-c4cccc(-c5cccnc5)c4)cc(-c4cccc5ccccc45)c3)n2)cc1. The van der Waals surface area contributed by atoms with E-state index in [-0.39, 0.29) is 0 Å².